The predicted molar refractivity (Wildman–Crippen MR) is 56.7 cm³/mol. The van der Waals surface area contributed by atoms with Crippen molar-refractivity contribution in [1.82, 2.24) is 5.16 Å². The Morgan fingerprint density at radius 3 is 2.94 bits per heavy atom. The maximum absolute atomic E-state index is 8.85. The van der Waals surface area contributed by atoms with Crippen LogP contribution in [0.25, 0.3) is 0 Å². The summed E-state index contributed by atoms with van der Waals surface area (Å²) in [4.78, 5) is 0. The van der Waals surface area contributed by atoms with Gasteiger partial charge in [-0.15, -0.1) is 0 Å². The first-order valence-electron chi connectivity index (χ1n) is 4.83. The minimum atomic E-state index is 0.277. The van der Waals surface area contributed by atoms with E-state index in [-0.39, 0.29) is 6.61 Å². The monoisotopic (exact) mass is 214 g/mol. The molecule has 4 nitrogen and oxygen atoms in total. The molecule has 4 heteroatoms. The van der Waals surface area contributed by atoms with Crippen molar-refractivity contribution in [2.24, 2.45) is 0 Å². The van der Waals surface area contributed by atoms with Crippen LogP contribution in [0.5, 0.6) is 5.75 Å². The van der Waals surface area contributed by atoms with Gasteiger partial charge in [0.05, 0.1) is 11.3 Å². The maximum Gasteiger partial charge on any atom is 0.174 e. The van der Waals surface area contributed by atoms with Crippen molar-refractivity contribution in [3.05, 3.63) is 47.3 Å². The van der Waals surface area contributed by atoms with Crippen LogP contribution in [0, 0.1) is 18.3 Å². The van der Waals surface area contributed by atoms with Crippen LogP contribution in [-0.2, 0) is 6.61 Å². The van der Waals surface area contributed by atoms with E-state index in [2.05, 4.69) is 11.2 Å². The quantitative estimate of drug-likeness (QED) is 0.787. The molecule has 0 aliphatic rings. The molecule has 1 aromatic heterocycles. The summed E-state index contributed by atoms with van der Waals surface area (Å²) in [5.74, 6) is 1.20. The Hall–Kier alpha value is -2.28. The third-order valence-electron chi connectivity index (χ3n) is 2.05. The molecule has 0 saturated heterocycles. The molecule has 0 aliphatic heterocycles. The van der Waals surface area contributed by atoms with E-state index in [1.807, 2.05) is 13.0 Å². The number of rotatable bonds is 3. The zero-order chi connectivity index (χ0) is 11.4. The normalized spacial score (nSPS) is 9.75. The predicted octanol–water partition coefficient (Wildman–Crippen LogP) is 2.43. The van der Waals surface area contributed by atoms with Gasteiger partial charge in [0.25, 0.3) is 0 Å². The Kier molecular flexibility index (Phi) is 2.88. The van der Waals surface area contributed by atoms with Gasteiger partial charge in [-0.25, -0.2) is 0 Å². The van der Waals surface area contributed by atoms with E-state index < -0.39 is 0 Å². The molecule has 2 rings (SSSR count). The Morgan fingerprint density at radius 2 is 2.25 bits per heavy atom. The van der Waals surface area contributed by atoms with Crippen molar-refractivity contribution < 1.29 is 9.26 Å². The van der Waals surface area contributed by atoms with E-state index in [1.165, 1.54) is 0 Å². The van der Waals surface area contributed by atoms with Gasteiger partial charge in [-0.3, -0.25) is 0 Å². The van der Waals surface area contributed by atoms with Gasteiger partial charge < -0.3 is 9.26 Å². The number of ether oxygens (including phenoxy) is 1. The summed E-state index contributed by atoms with van der Waals surface area (Å²) >= 11 is 0. The largest absolute Gasteiger partial charge is 0.484 e. The Bertz CT molecular complexity index is 526. The number of para-hydroxylation sites is 1. The number of aryl methyl sites for hydroxylation is 1. The number of nitriles is 1. The second kappa shape index (κ2) is 4.49. The Morgan fingerprint density at radius 1 is 1.44 bits per heavy atom. The van der Waals surface area contributed by atoms with Gasteiger partial charge in [0.1, 0.15) is 18.4 Å². The highest BCUT2D eigenvalue weighted by Gasteiger charge is 2.04. The fraction of sp³-hybridized carbons (Fsp3) is 0.167. The topological polar surface area (TPSA) is 59.0 Å². The van der Waals surface area contributed by atoms with Gasteiger partial charge in [-0.05, 0) is 19.1 Å². The molecule has 0 saturated carbocycles. The third kappa shape index (κ3) is 2.20. The van der Waals surface area contributed by atoms with Crippen LogP contribution in [0.2, 0.25) is 0 Å². The Balaban J connectivity index is 2.08. The molecular formula is C12H10N2O2. The van der Waals surface area contributed by atoms with E-state index in [9.17, 15) is 0 Å². The van der Waals surface area contributed by atoms with Crippen molar-refractivity contribution in [3.63, 3.8) is 0 Å². The van der Waals surface area contributed by atoms with Gasteiger partial charge >= 0.3 is 0 Å². The lowest BCUT2D eigenvalue weighted by molar-refractivity contribution is 0.248. The summed E-state index contributed by atoms with van der Waals surface area (Å²) in [6.45, 7) is 2.12. The number of hydrogen-bond donors (Lipinski definition) is 0. The molecule has 0 amide bonds. The lowest BCUT2D eigenvalue weighted by Crippen LogP contribution is -1.95. The van der Waals surface area contributed by atoms with Crippen molar-refractivity contribution in [2.75, 3.05) is 0 Å². The highest BCUT2D eigenvalue weighted by molar-refractivity contribution is 5.42. The van der Waals surface area contributed by atoms with Crippen LogP contribution in [-0.4, -0.2) is 5.16 Å². The summed E-state index contributed by atoms with van der Waals surface area (Å²) in [5, 5.41) is 12.6. The fourth-order valence-corrected chi connectivity index (χ4v) is 1.32. The SMILES string of the molecule is Cc1cc(COc2ccccc2C#N)on1. The molecule has 0 unspecified atom stereocenters. The molecule has 0 bridgehead atoms. The molecule has 1 heterocycles. The van der Waals surface area contributed by atoms with Gasteiger partial charge in [-0.2, -0.15) is 5.26 Å². The van der Waals surface area contributed by atoms with E-state index in [0.29, 0.717) is 17.1 Å². The smallest absolute Gasteiger partial charge is 0.174 e. The summed E-state index contributed by atoms with van der Waals surface area (Å²) in [7, 11) is 0. The first-order valence-corrected chi connectivity index (χ1v) is 4.83. The van der Waals surface area contributed by atoms with Crippen LogP contribution in [0.4, 0.5) is 0 Å². The zero-order valence-electron chi connectivity index (χ0n) is 8.80. The summed E-state index contributed by atoms with van der Waals surface area (Å²) in [6, 6.07) is 10.9. The van der Waals surface area contributed by atoms with Crippen LogP contribution >= 0.6 is 0 Å². The van der Waals surface area contributed by atoms with E-state index in [1.54, 1.807) is 24.3 Å². The average Bonchev–Trinajstić information content (AvgIpc) is 2.73. The van der Waals surface area contributed by atoms with Gasteiger partial charge in [0.15, 0.2) is 5.76 Å². The maximum atomic E-state index is 8.85. The first kappa shape index (κ1) is 10.2. The van der Waals surface area contributed by atoms with E-state index >= 15 is 0 Å². The zero-order valence-corrected chi connectivity index (χ0v) is 8.80. The second-order valence-electron chi connectivity index (χ2n) is 3.33. The lowest BCUT2D eigenvalue weighted by Gasteiger charge is -2.04. The summed E-state index contributed by atoms with van der Waals surface area (Å²) in [6.07, 6.45) is 0. The molecule has 0 fully saturated rings. The molecule has 0 radical (unpaired) electrons. The van der Waals surface area contributed by atoms with Crippen molar-refractivity contribution in [1.29, 1.82) is 5.26 Å². The first-order chi connectivity index (χ1) is 7.79. The number of benzene rings is 1. The second-order valence-corrected chi connectivity index (χ2v) is 3.33. The molecule has 80 valence electrons. The van der Waals surface area contributed by atoms with E-state index in [4.69, 9.17) is 14.5 Å². The lowest BCUT2D eigenvalue weighted by atomic mass is 10.2. The van der Waals surface area contributed by atoms with Crippen molar-refractivity contribution in [2.45, 2.75) is 13.5 Å². The minimum Gasteiger partial charge on any atom is -0.484 e. The molecular weight excluding hydrogens is 204 g/mol. The van der Waals surface area contributed by atoms with E-state index in [0.717, 1.165) is 5.69 Å². The van der Waals surface area contributed by atoms with Gasteiger partial charge in [0, 0.05) is 6.07 Å². The number of hydrogen-bond acceptors (Lipinski definition) is 4. The van der Waals surface area contributed by atoms with Crippen LogP contribution in [0.15, 0.2) is 34.9 Å². The highest BCUT2D eigenvalue weighted by atomic mass is 16.5. The number of aromatic nitrogens is 1. The van der Waals surface area contributed by atoms with Crippen LogP contribution in [0.1, 0.15) is 17.0 Å². The van der Waals surface area contributed by atoms with Crippen LogP contribution < -0.4 is 4.74 Å². The fourth-order valence-electron chi connectivity index (χ4n) is 1.32. The van der Waals surface area contributed by atoms with Crippen LogP contribution in [0.3, 0.4) is 0 Å². The molecule has 0 atom stereocenters. The molecule has 16 heavy (non-hydrogen) atoms. The van der Waals surface area contributed by atoms with Crippen molar-refractivity contribution >= 4 is 0 Å². The average molecular weight is 214 g/mol. The third-order valence-corrected chi connectivity index (χ3v) is 2.05. The molecule has 0 aliphatic carbocycles. The minimum absolute atomic E-state index is 0.277. The Labute approximate surface area is 93.1 Å². The summed E-state index contributed by atoms with van der Waals surface area (Å²) < 4.78 is 10.5. The molecule has 2 aromatic rings. The molecule has 1 aromatic carbocycles. The molecule has 0 spiro atoms. The van der Waals surface area contributed by atoms with Gasteiger partial charge in [-0.1, -0.05) is 17.3 Å². The summed E-state index contributed by atoms with van der Waals surface area (Å²) in [5.41, 5.74) is 1.32. The number of nitrogens with zero attached hydrogens (tertiary/aromatic N) is 2. The highest BCUT2D eigenvalue weighted by Crippen LogP contribution is 2.18. The van der Waals surface area contributed by atoms with Crippen molar-refractivity contribution in [3.8, 4) is 11.8 Å². The van der Waals surface area contributed by atoms with Gasteiger partial charge in [0.2, 0.25) is 0 Å². The molecule has 0 N–H and O–H groups in total. The standard InChI is InChI=1S/C12H10N2O2/c1-9-6-11(16-14-9)8-15-12-5-3-2-4-10(12)7-13/h2-6H,8H2,1H3.